The van der Waals surface area contributed by atoms with Gasteiger partial charge in [-0.25, -0.2) is 4.39 Å². The standard InChI is InChI=1S/C17H16BrFO/c18-16-7-6-14(19)10-15(16)17(20)9-11-4-5-12-2-1-3-13(12)8-11/h4-8,10,17,20H,1-3,9H2. The highest BCUT2D eigenvalue weighted by Gasteiger charge is 2.15. The molecule has 0 radical (unpaired) electrons. The van der Waals surface area contributed by atoms with Crippen molar-refractivity contribution in [2.45, 2.75) is 31.8 Å². The Hall–Kier alpha value is -1.19. The summed E-state index contributed by atoms with van der Waals surface area (Å²) in [7, 11) is 0. The van der Waals surface area contributed by atoms with Crippen LogP contribution in [0.15, 0.2) is 40.9 Å². The highest BCUT2D eigenvalue weighted by molar-refractivity contribution is 9.10. The maximum atomic E-state index is 13.3. The molecule has 0 spiro atoms. The molecule has 1 aliphatic carbocycles. The summed E-state index contributed by atoms with van der Waals surface area (Å²) in [5, 5.41) is 10.3. The molecule has 20 heavy (non-hydrogen) atoms. The Morgan fingerprint density at radius 1 is 1.10 bits per heavy atom. The fourth-order valence-corrected chi connectivity index (χ4v) is 3.37. The number of aliphatic hydroxyl groups excluding tert-OH is 1. The van der Waals surface area contributed by atoms with Crippen molar-refractivity contribution in [1.29, 1.82) is 0 Å². The van der Waals surface area contributed by atoms with Gasteiger partial charge in [-0.15, -0.1) is 0 Å². The molecular weight excluding hydrogens is 319 g/mol. The minimum absolute atomic E-state index is 0.323. The van der Waals surface area contributed by atoms with E-state index in [1.807, 2.05) is 0 Å². The molecule has 0 bridgehead atoms. The third kappa shape index (κ3) is 2.79. The number of rotatable bonds is 3. The molecule has 2 aromatic rings. The van der Waals surface area contributed by atoms with Crippen molar-refractivity contribution < 1.29 is 9.50 Å². The van der Waals surface area contributed by atoms with Crippen LogP contribution in [0.4, 0.5) is 4.39 Å². The van der Waals surface area contributed by atoms with Crippen LogP contribution in [0.25, 0.3) is 0 Å². The summed E-state index contributed by atoms with van der Waals surface area (Å²) < 4.78 is 14.0. The quantitative estimate of drug-likeness (QED) is 0.884. The van der Waals surface area contributed by atoms with Crippen molar-refractivity contribution in [3.05, 3.63) is 68.9 Å². The maximum Gasteiger partial charge on any atom is 0.123 e. The van der Waals surface area contributed by atoms with Crippen LogP contribution in [0.2, 0.25) is 0 Å². The van der Waals surface area contributed by atoms with E-state index >= 15 is 0 Å². The van der Waals surface area contributed by atoms with Gasteiger partial charge in [-0.3, -0.25) is 0 Å². The predicted molar refractivity (Wildman–Crippen MR) is 81.2 cm³/mol. The van der Waals surface area contributed by atoms with Gasteiger partial charge in [-0.2, -0.15) is 0 Å². The Morgan fingerprint density at radius 3 is 2.75 bits per heavy atom. The predicted octanol–water partition coefficient (Wildman–Crippen LogP) is 4.35. The third-order valence-corrected chi connectivity index (χ3v) is 4.63. The number of aryl methyl sites for hydroxylation is 2. The molecule has 0 aromatic heterocycles. The van der Waals surface area contributed by atoms with Gasteiger partial charge in [0.1, 0.15) is 5.82 Å². The van der Waals surface area contributed by atoms with E-state index in [0.717, 1.165) is 22.9 Å². The first-order chi connectivity index (χ1) is 9.63. The molecule has 2 aromatic carbocycles. The highest BCUT2D eigenvalue weighted by Crippen LogP contribution is 2.29. The molecule has 0 fully saturated rings. The van der Waals surface area contributed by atoms with Gasteiger partial charge in [0, 0.05) is 10.9 Å². The van der Waals surface area contributed by atoms with Crippen molar-refractivity contribution in [2.24, 2.45) is 0 Å². The van der Waals surface area contributed by atoms with Gasteiger partial charge < -0.3 is 5.11 Å². The van der Waals surface area contributed by atoms with Crippen molar-refractivity contribution in [2.75, 3.05) is 0 Å². The summed E-state index contributed by atoms with van der Waals surface area (Å²) >= 11 is 3.37. The van der Waals surface area contributed by atoms with E-state index in [4.69, 9.17) is 0 Å². The first-order valence-corrected chi connectivity index (χ1v) is 7.66. The number of fused-ring (bicyclic) bond motifs is 1. The van der Waals surface area contributed by atoms with E-state index in [2.05, 4.69) is 34.1 Å². The number of benzene rings is 2. The van der Waals surface area contributed by atoms with Crippen molar-refractivity contribution in [3.8, 4) is 0 Å². The molecule has 1 N–H and O–H groups in total. The minimum atomic E-state index is -0.695. The van der Waals surface area contributed by atoms with Gasteiger partial charge in [0.25, 0.3) is 0 Å². The van der Waals surface area contributed by atoms with Crippen LogP contribution in [-0.2, 0) is 19.3 Å². The summed E-state index contributed by atoms with van der Waals surface area (Å²) in [4.78, 5) is 0. The Bertz CT molecular complexity index is 639. The summed E-state index contributed by atoms with van der Waals surface area (Å²) in [5.41, 5.74) is 4.53. The van der Waals surface area contributed by atoms with E-state index in [0.29, 0.717) is 12.0 Å². The first-order valence-electron chi connectivity index (χ1n) is 6.87. The van der Waals surface area contributed by atoms with E-state index < -0.39 is 6.10 Å². The molecule has 0 aliphatic heterocycles. The largest absolute Gasteiger partial charge is 0.388 e. The Balaban J connectivity index is 1.82. The molecule has 0 amide bonds. The molecule has 1 nitrogen and oxygen atoms in total. The van der Waals surface area contributed by atoms with Crippen LogP contribution in [0.1, 0.15) is 34.8 Å². The van der Waals surface area contributed by atoms with Crippen LogP contribution >= 0.6 is 15.9 Å². The van der Waals surface area contributed by atoms with Gasteiger partial charge in [0.15, 0.2) is 0 Å². The molecule has 1 atom stereocenters. The van der Waals surface area contributed by atoms with Crippen LogP contribution in [0.3, 0.4) is 0 Å². The Labute approximate surface area is 126 Å². The zero-order valence-electron chi connectivity index (χ0n) is 11.1. The van der Waals surface area contributed by atoms with Gasteiger partial charge in [-0.05, 0) is 59.7 Å². The van der Waals surface area contributed by atoms with Gasteiger partial charge >= 0.3 is 0 Å². The number of halogens is 2. The smallest absolute Gasteiger partial charge is 0.123 e. The van der Waals surface area contributed by atoms with Gasteiger partial charge in [-0.1, -0.05) is 34.1 Å². The SMILES string of the molecule is OC(Cc1ccc2c(c1)CCC2)c1cc(F)ccc1Br. The van der Waals surface area contributed by atoms with Crippen LogP contribution in [-0.4, -0.2) is 5.11 Å². The van der Waals surface area contributed by atoms with E-state index in [9.17, 15) is 9.50 Å². The molecule has 0 saturated carbocycles. The second kappa shape index (κ2) is 5.66. The highest BCUT2D eigenvalue weighted by atomic mass is 79.9. The lowest BCUT2D eigenvalue weighted by molar-refractivity contribution is 0.177. The minimum Gasteiger partial charge on any atom is -0.388 e. The molecule has 1 unspecified atom stereocenters. The molecule has 104 valence electrons. The third-order valence-electron chi connectivity index (χ3n) is 3.91. The van der Waals surface area contributed by atoms with Crippen molar-refractivity contribution >= 4 is 15.9 Å². The molecule has 0 saturated heterocycles. The zero-order chi connectivity index (χ0) is 14.1. The molecule has 3 heteroatoms. The van der Waals surface area contributed by atoms with Crippen molar-refractivity contribution in [1.82, 2.24) is 0 Å². The average molecular weight is 335 g/mol. The Morgan fingerprint density at radius 2 is 1.90 bits per heavy atom. The fourth-order valence-electron chi connectivity index (χ4n) is 2.86. The average Bonchev–Trinajstić information content (AvgIpc) is 2.89. The lowest BCUT2D eigenvalue weighted by Gasteiger charge is -2.14. The lowest BCUT2D eigenvalue weighted by Crippen LogP contribution is -2.04. The van der Waals surface area contributed by atoms with E-state index in [1.165, 1.54) is 29.7 Å². The topological polar surface area (TPSA) is 20.2 Å². The zero-order valence-corrected chi connectivity index (χ0v) is 12.7. The van der Waals surface area contributed by atoms with Crippen LogP contribution < -0.4 is 0 Å². The number of hydrogen-bond donors (Lipinski definition) is 1. The second-order valence-corrected chi connectivity index (χ2v) is 6.20. The van der Waals surface area contributed by atoms with Crippen LogP contribution in [0, 0.1) is 5.82 Å². The number of hydrogen-bond acceptors (Lipinski definition) is 1. The summed E-state index contributed by atoms with van der Waals surface area (Å²) in [6.07, 6.45) is 3.32. The van der Waals surface area contributed by atoms with Crippen molar-refractivity contribution in [3.63, 3.8) is 0 Å². The summed E-state index contributed by atoms with van der Waals surface area (Å²) in [6, 6.07) is 10.8. The second-order valence-electron chi connectivity index (χ2n) is 5.34. The maximum absolute atomic E-state index is 13.3. The van der Waals surface area contributed by atoms with Gasteiger partial charge in [0.2, 0.25) is 0 Å². The number of aliphatic hydroxyl groups is 1. The first kappa shape index (κ1) is 13.8. The molecule has 0 heterocycles. The van der Waals surface area contributed by atoms with E-state index in [-0.39, 0.29) is 5.82 Å². The molecule has 3 rings (SSSR count). The lowest BCUT2D eigenvalue weighted by atomic mass is 9.98. The fraction of sp³-hybridized carbons (Fsp3) is 0.294. The van der Waals surface area contributed by atoms with Gasteiger partial charge in [0.05, 0.1) is 6.10 Å². The molecular formula is C17H16BrFO. The molecule has 1 aliphatic rings. The monoisotopic (exact) mass is 334 g/mol. The summed E-state index contributed by atoms with van der Waals surface area (Å²) in [5.74, 6) is -0.323. The Kier molecular flexibility index (Phi) is 3.90. The van der Waals surface area contributed by atoms with Crippen LogP contribution in [0.5, 0.6) is 0 Å². The van der Waals surface area contributed by atoms with E-state index in [1.54, 1.807) is 6.07 Å². The summed E-state index contributed by atoms with van der Waals surface area (Å²) in [6.45, 7) is 0. The normalized spacial score (nSPS) is 15.2.